The molecular formula is C14H13ClN2O3. The Hall–Kier alpha value is -2.11. The molecule has 2 rings (SSSR count). The minimum Gasteiger partial charge on any atom is -0.456 e. The van der Waals surface area contributed by atoms with Gasteiger partial charge in [-0.05, 0) is 30.7 Å². The fraction of sp³-hybridized carbons (Fsp3) is 0.143. The maximum absolute atomic E-state index is 10.6. The lowest BCUT2D eigenvalue weighted by molar-refractivity contribution is -0.384. The highest BCUT2D eigenvalue weighted by molar-refractivity contribution is 6.32. The van der Waals surface area contributed by atoms with Gasteiger partial charge in [-0.3, -0.25) is 10.1 Å². The van der Waals surface area contributed by atoms with Crippen LogP contribution < -0.4 is 10.5 Å². The zero-order chi connectivity index (χ0) is 14.7. The van der Waals surface area contributed by atoms with Crippen LogP contribution in [0.4, 0.5) is 5.69 Å². The third kappa shape index (κ3) is 3.26. The Morgan fingerprint density at radius 1 is 1.30 bits per heavy atom. The molecule has 0 fully saturated rings. The van der Waals surface area contributed by atoms with Crippen molar-refractivity contribution in [3.05, 3.63) is 63.2 Å². The Labute approximate surface area is 121 Å². The SMILES string of the molecule is CC(N)c1cccc(Oc2ccc([N+](=O)[O-])cc2Cl)c1. The molecule has 0 amide bonds. The van der Waals surface area contributed by atoms with Gasteiger partial charge in [-0.2, -0.15) is 0 Å². The molecule has 0 heterocycles. The summed E-state index contributed by atoms with van der Waals surface area (Å²) in [6.07, 6.45) is 0. The number of nitro benzene ring substituents is 1. The van der Waals surface area contributed by atoms with Crippen molar-refractivity contribution in [1.82, 2.24) is 0 Å². The summed E-state index contributed by atoms with van der Waals surface area (Å²) in [4.78, 5) is 10.1. The van der Waals surface area contributed by atoms with Crippen LogP contribution in [0.3, 0.4) is 0 Å². The van der Waals surface area contributed by atoms with Crippen molar-refractivity contribution >= 4 is 17.3 Å². The summed E-state index contributed by atoms with van der Waals surface area (Å²) in [5, 5.41) is 10.8. The predicted molar refractivity (Wildman–Crippen MR) is 77.2 cm³/mol. The van der Waals surface area contributed by atoms with Crippen molar-refractivity contribution in [2.24, 2.45) is 5.73 Å². The molecule has 0 saturated heterocycles. The van der Waals surface area contributed by atoms with Crippen molar-refractivity contribution in [3.63, 3.8) is 0 Å². The number of ether oxygens (including phenoxy) is 1. The normalized spacial score (nSPS) is 11.9. The first kappa shape index (κ1) is 14.3. The van der Waals surface area contributed by atoms with Crippen LogP contribution in [0.25, 0.3) is 0 Å². The standard InChI is InChI=1S/C14H13ClN2O3/c1-9(16)10-3-2-4-12(7-10)20-14-6-5-11(17(18)19)8-13(14)15/h2-9H,16H2,1H3. The van der Waals surface area contributed by atoms with Crippen LogP contribution in [-0.2, 0) is 0 Å². The number of nitrogens with two attached hydrogens (primary N) is 1. The van der Waals surface area contributed by atoms with Gasteiger partial charge in [0.25, 0.3) is 5.69 Å². The fourth-order valence-corrected chi connectivity index (χ4v) is 1.89. The third-order valence-corrected chi connectivity index (χ3v) is 3.03. The second-order valence-corrected chi connectivity index (χ2v) is 4.74. The van der Waals surface area contributed by atoms with Gasteiger partial charge in [-0.25, -0.2) is 0 Å². The Bertz CT molecular complexity index is 644. The van der Waals surface area contributed by atoms with Crippen molar-refractivity contribution in [3.8, 4) is 11.5 Å². The molecule has 2 N–H and O–H groups in total. The maximum atomic E-state index is 10.6. The number of non-ortho nitro benzene ring substituents is 1. The van der Waals surface area contributed by atoms with Gasteiger partial charge in [-0.1, -0.05) is 23.7 Å². The summed E-state index contributed by atoms with van der Waals surface area (Å²) in [5.74, 6) is 0.939. The van der Waals surface area contributed by atoms with E-state index < -0.39 is 4.92 Å². The summed E-state index contributed by atoms with van der Waals surface area (Å²) in [5.41, 5.74) is 6.66. The van der Waals surface area contributed by atoms with Crippen LogP contribution in [0.5, 0.6) is 11.5 Å². The molecule has 1 atom stereocenters. The van der Waals surface area contributed by atoms with Crippen molar-refractivity contribution in [2.45, 2.75) is 13.0 Å². The van der Waals surface area contributed by atoms with Crippen LogP contribution in [0.2, 0.25) is 5.02 Å². The Balaban J connectivity index is 2.26. The zero-order valence-electron chi connectivity index (χ0n) is 10.7. The van der Waals surface area contributed by atoms with E-state index in [1.807, 2.05) is 25.1 Å². The van der Waals surface area contributed by atoms with E-state index in [1.165, 1.54) is 18.2 Å². The highest BCUT2D eigenvalue weighted by atomic mass is 35.5. The molecule has 2 aromatic carbocycles. The summed E-state index contributed by atoms with van der Waals surface area (Å²) >= 11 is 5.97. The molecule has 0 aliphatic rings. The van der Waals surface area contributed by atoms with Crippen LogP contribution in [0, 0.1) is 10.1 Å². The molecule has 0 saturated carbocycles. The van der Waals surface area contributed by atoms with Gasteiger partial charge in [0.05, 0.1) is 9.95 Å². The predicted octanol–water partition coefficient (Wildman–Crippen LogP) is 4.06. The van der Waals surface area contributed by atoms with Gasteiger partial charge < -0.3 is 10.5 Å². The minimum atomic E-state index is -0.508. The van der Waals surface area contributed by atoms with Crippen LogP contribution in [-0.4, -0.2) is 4.92 Å². The molecule has 20 heavy (non-hydrogen) atoms. The molecule has 2 aromatic rings. The van der Waals surface area contributed by atoms with Gasteiger partial charge in [0, 0.05) is 18.2 Å². The molecule has 6 heteroatoms. The Morgan fingerprint density at radius 2 is 2.05 bits per heavy atom. The number of halogens is 1. The first-order valence-corrected chi connectivity index (χ1v) is 6.32. The fourth-order valence-electron chi connectivity index (χ4n) is 1.67. The number of rotatable bonds is 4. The van der Waals surface area contributed by atoms with Gasteiger partial charge in [0.15, 0.2) is 0 Å². The Morgan fingerprint density at radius 3 is 2.65 bits per heavy atom. The molecule has 1 unspecified atom stereocenters. The quantitative estimate of drug-likeness (QED) is 0.681. The number of nitro groups is 1. The summed E-state index contributed by atoms with van der Waals surface area (Å²) < 4.78 is 5.62. The summed E-state index contributed by atoms with van der Waals surface area (Å²) in [6.45, 7) is 1.87. The average molecular weight is 293 g/mol. The molecule has 0 aliphatic carbocycles. The van der Waals surface area contributed by atoms with Gasteiger partial charge in [0.2, 0.25) is 0 Å². The summed E-state index contributed by atoms with van der Waals surface area (Å²) in [6, 6.07) is 11.3. The first-order chi connectivity index (χ1) is 9.47. The monoisotopic (exact) mass is 292 g/mol. The maximum Gasteiger partial charge on any atom is 0.271 e. The third-order valence-electron chi connectivity index (χ3n) is 2.74. The van der Waals surface area contributed by atoms with E-state index in [1.54, 1.807) is 6.07 Å². The summed E-state index contributed by atoms with van der Waals surface area (Å²) in [7, 11) is 0. The second kappa shape index (κ2) is 5.90. The molecule has 5 nitrogen and oxygen atoms in total. The van der Waals surface area contributed by atoms with Crippen molar-refractivity contribution < 1.29 is 9.66 Å². The van der Waals surface area contributed by atoms with E-state index in [9.17, 15) is 10.1 Å². The van der Waals surface area contributed by atoms with E-state index in [4.69, 9.17) is 22.1 Å². The first-order valence-electron chi connectivity index (χ1n) is 5.94. The minimum absolute atomic E-state index is 0.0771. The van der Waals surface area contributed by atoms with E-state index in [-0.39, 0.29) is 16.8 Å². The highest BCUT2D eigenvalue weighted by Gasteiger charge is 2.11. The number of hydrogen-bond donors (Lipinski definition) is 1. The lowest BCUT2D eigenvalue weighted by Gasteiger charge is -2.10. The molecule has 0 radical (unpaired) electrons. The number of hydrogen-bond acceptors (Lipinski definition) is 4. The Kier molecular flexibility index (Phi) is 4.22. The van der Waals surface area contributed by atoms with E-state index in [2.05, 4.69) is 0 Å². The molecule has 104 valence electrons. The van der Waals surface area contributed by atoms with Crippen LogP contribution in [0.1, 0.15) is 18.5 Å². The molecule has 0 bridgehead atoms. The number of benzene rings is 2. The van der Waals surface area contributed by atoms with E-state index in [0.717, 1.165) is 5.56 Å². The molecule has 0 aromatic heterocycles. The second-order valence-electron chi connectivity index (χ2n) is 4.34. The zero-order valence-corrected chi connectivity index (χ0v) is 11.5. The van der Waals surface area contributed by atoms with Crippen LogP contribution in [0.15, 0.2) is 42.5 Å². The average Bonchev–Trinajstić information content (AvgIpc) is 2.41. The van der Waals surface area contributed by atoms with Gasteiger partial charge in [-0.15, -0.1) is 0 Å². The van der Waals surface area contributed by atoms with Crippen molar-refractivity contribution in [2.75, 3.05) is 0 Å². The van der Waals surface area contributed by atoms with E-state index in [0.29, 0.717) is 11.5 Å². The smallest absolute Gasteiger partial charge is 0.271 e. The highest BCUT2D eigenvalue weighted by Crippen LogP contribution is 2.32. The van der Waals surface area contributed by atoms with Crippen LogP contribution >= 0.6 is 11.6 Å². The van der Waals surface area contributed by atoms with Crippen molar-refractivity contribution in [1.29, 1.82) is 0 Å². The molecule has 0 aliphatic heterocycles. The lowest BCUT2D eigenvalue weighted by Crippen LogP contribution is -2.04. The van der Waals surface area contributed by atoms with Gasteiger partial charge in [0.1, 0.15) is 11.5 Å². The largest absolute Gasteiger partial charge is 0.456 e. The molecule has 0 spiro atoms. The lowest BCUT2D eigenvalue weighted by atomic mass is 10.1. The topological polar surface area (TPSA) is 78.4 Å². The number of nitrogens with zero attached hydrogens (tertiary/aromatic N) is 1. The van der Waals surface area contributed by atoms with E-state index >= 15 is 0 Å². The van der Waals surface area contributed by atoms with Gasteiger partial charge >= 0.3 is 0 Å². The molecular weight excluding hydrogens is 280 g/mol.